The standard InChI is InChI=1S/C11H13N3O5S/c1-14(7-10(12)15)20(18,19)9-4-8(5-13-6-9)2-3-11(16)17/h2-6H,7H2,1H3,(H2,12,15)(H,16,17). The lowest BCUT2D eigenvalue weighted by atomic mass is 10.2. The number of amides is 1. The molecule has 0 unspecified atom stereocenters. The third-order valence-corrected chi connectivity index (χ3v) is 4.01. The lowest BCUT2D eigenvalue weighted by molar-refractivity contribution is -0.131. The fourth-order valence-corrected chi connectivity index (χ4v) is 2.46. The first-order valence-electron chi connectivity index (χ1n) is 5.34. The lowest BCUT2D eigenvalue weighted by Gasteiger charge is -2.15. The molecule has 0 bridgehead atoms. The average Bonchev–Trinajstić information content (AvgIpc) is 2.35. The molecular weight excluding hydrogens is 286 g/mol. The Hall–Kier alpha value is -2.26. The van der Waals surface area contributed by atoms with Crippen LogP contribution in [-0.2, 0) is 19.6 Å². The van der Waals surface area contributed by atoms with Crippen molar-refractivity contribution in [1.82, 2.24) is 9.29 Å². The number of likely N-dealkylation sites (N-methyl/N-ethyl adjacent to an activating group) is 1. The van der Waals surface area contributed by atoms with Crippen LogP contribution in [0.1, 0.15) is 5.56 Å². The highest BCUT2D eigenvalue weighted by molar-refractivity contribution is 7.89. The highest BCUT2D eigenvalue weighted by Crippen LogP contribution is 2.15. The van der Waals surface area contributed by atoms with E-state index in [2.05, 4.69) is 4.98 Å². The van der Waals surface area contributed by atoms with Crippen LogP contribution in [0.3, 0.4) is 0 Å². The number of sulfonamides is 1. The minimum Gasteiger partial charge on any atom is -0.478 e. The number of nitrogens with two attached hydrogens (primary N) is 1. The van der Waals surface area contributed by atoms with Gasteiger partial charge in [0.05, 0.1) is 6.54 Å². The Labute approximate surface area is 115 Å². The molecule has 0 aromatic carbocycles. The van der Waals surface area contributed by atoms with Crippen LogP contribution in [-0.4, -0.2) is 48.3 Å². The van der Waals surface area contributed by atoms with Gasteiger partial charge >= 0.3 is 5.97 Å². The molecule has 8 nitrogen and oxygen atoms in total. The topological polar surface area (TPSA) is 131 Å². The maximum atomic E-state index is 12.1. The van der Waals surface area contributed by atoms with Gasteiger partial charge in [-0.25, -0.2) is 13.2 Å². The van der Waals surface area contributed by atoms with E-state index in [1.54, 1.807) is 0 Å². The Morgan fingerprint density at radius 3 is 2.65 bits per heavy atom. The molecule has 0 aliphatic rings. The molecule has 3 N–H and O–H groups in total. The van der Waals surface area contributed by atoms with E-state index in [4.69, 9.17) is 10.8 Å². The van der Waals surface area contributed by atoms with Gasteiger partial charge in [-0.1, -0.05) is 0 Å². The molecule has 0 atom stereocenters. The minimum atomic E-state index is -3.91. The lowest BCUT2D eigenvalue weighted by Crippen LogP contribution is -2.35. The zero-order valence-electron chi connectivity index (χ0n) is 10.6. The number of carboxylic acids is 1. The van der Waals surface area contributed by atoms with Crippen LogP contribution in [0.25, 0.3) is 6.08 Å². The highest BCUT2D eigenvalue weighted by Gasteiger charge is 2.22. The second kappa shape index (κ2) is 6.26. The van der Waals surface area contributed by atoms with Crippen molar-refractivity contribution in [3.05, 3.63) is 30.1 Å². The molecular formula is C11H13N3O5S. The second-order valence-corrected chi connectivity index (χ2v) is 5.90. The molecule has 0 saturated heterocycles. The van der Waals surface area contributed by atoms with E-state index >= 15 is 0 Å². The van der Waals surface area contributed by atoms with Crippen LogP contribution in [0.4, 0.5) is 0 Å². The van der Waals surface area contributed by atoms with Gasteiger partial charge in [0.25, 0.3) is 0 Å². The summed E-state index contributed by atoms with van der Waals surface area (Å²) < 4.78 is 25.0. The first-order valence-corrected chi connectivity index (χ1v) is 6.78. The molecule has 0 aliphatic carbocycles. The molecule has 1 heterocycles. The largest absolute Gasteiger partial charge is 0.478 e. The number of carbonyl (C=O) groups is 2. The average molecular weight is 299 g/mol. The van der Waals surface area contributed by atoms with Crippen molar-refractivity contribution < 1.29 is 23.1 Å². The Kier molecular flexibility index (Phi) is 4.94. The number of carbonyl (C=O) groups excluding carboxylic acids is 1. The summed E-state index contributed by atoms with van der Waals surface area (Å²) in [5.74, 6) is -1.95. The van der Waals surface area contributed by atoms with Gasteiger partial charge in [0, 0.05) is 25.5 Å². The predicted molar refractivity (Wildman–Crippen MR) is 69.9 cm³/mol. The van der Waals surface area contributed by atoms with E-state index in [0.29, 0.717) is 5.56 Å². The zero-order chi connectivity index (χ0) is 15.3. The van der Waals surface area contributed by atoms with E-state index in [9.17, 15) is 18.0 Å². The van der Waals surface area contributed by atoms with Crippen LogP contribution in [0.5, 0.6) is 0 Å². The van der Waals surface area contributed by atoms with Gasteiger partial charge in [-0.2, -0.15) is 4.31 Å². The first kappa shape index (κ1) is 15.8. The molecule has 0 aliphatic heterocycles. The van der Waals surface area contributed by atoms with Crippen molar-refractivity contribution in [2.45, 2.75) is 4.90 Å². The molecule has 1 aromatic heterocycles. The number of aromatic nitrogens is 1. The first-order chi connectivity index (χ1) is 9.23. The number of hydrogen-bond acceptors (Lipinski definition) is 5. The van der Waals surface area contributed by atoms with Crippen LogP contribution in [0, 0.1) is 0 Å². The molecule has 1 aromatic rings. The maximum absolute atomic E-state index is 12.1. The van der Waals surface area contributed by atoms with Gasteiger partial charge in [0.2, 0.25) is 15.9 Å². The van der Waals surface area contributed by atoms with E-state index in [1.165, 1.54) is 25.4 Å². The number of hydrogen-bond donors (Lipinski definition) is 2. The summed E-state index contributed by atoms with van der Waals surface area (Å²) in [5.41, 5.74) is 5.25. The smallest absolute Gasteiger partial charge is 0.328 e. The van der Waals surface area contributed by atoms with Crippen LogP contribution in [0.2, 0.25) is 0 Å². The fraction of sp³-hybridized carbons (Fsp3) is 0.182. The quantitative estimate of drug-likeness (QED) is 0.667. The number of pyridine rings is 1. The van der Waals surface area contributed by atoms with E-state index in [-0.39, 0.29) is 4.90 Å². The van der Waals surface area contributed by atoms with Gasteiger partial charge in [0.15, 0.2) is 0 Å². The molecule has 108 valence electrons. The predicted octanol–water partition coefficient (Wildman–Crippen LogP) is -0.715. The van der Waals surface area contributed by atoms with Crippen molar-refractivity contribution >= 4 is 28.0 Å². The zero-order valence-corrected chi connectivity index (χ0v) is 11.4. The van der Waals surface area contributed by atoms with Crippen molar-refractivity contribution in [3.63, 3.8) is 0 Å². The van der Waals surface area contributed by atoms with Crippen molar-refractivity contribution in [2.75, 3.05) is 13.6 Å². The summed E-state index contributed by atoms with van der Waals surface area (Å²) >= 11 is 0. The van der Waals surface area contributed by atoms with Crippen LogP contribution >= 0.6 is 0 Å². The summed E-state index contributed by atoms with van der Waals surface area (Å²) in [5, 5.41) is 8.51. The van der Waals surface area contributed by atoms with Gasteiger partial charge in [-0.05, 0) is 17.7 Å². The summed E-state index contributed by atoms with van der Waals surface area (Å²) in [6.45, 7) is -0.461. The molecule has 1 rings (SSSR count). The van der Waals surface area contributed by atoms with Gasteiger partial charge < -0.3 is 10.8 Å². The van der Waals surface area contributed by atoms with Crippen molar-refractivity contribution in [2.24, 2.45) is 5.73 Å². The molecule has 1 amide bonds. The Morgan fingerprint density at radius 2 is 2.10 bits per heavy atom. The molecule has 0 radical (unpaired) electrons. The van der Waals surface area contributed by atoms with Crippen LogP contribution < -0.4 is 5.73 Å². The number of aliphatic carboxylic acids is 1. The summed E-state index contributed by atoms with van der Waals surface area (Å²) in [4.78, 5) is 24.7. The van der Waals surface area contributed by atoms with E-state index < -0.39 is 28.4 Å². The fourth-order valence-electron chi connectivity index (χ4n) is 1.32. The Bertz CT molecular complexity index is 654. The summed E-state index contributed by atoms with van der Waals surface area (Å²) in [7, 11) is -2.70. The number of rotatable bonds is 6. The molecule has 0 spiro atoms. The monoisotopic (exact) mass is 299 g/mol. The molecule has 20 heavy (non-hydrogen) atoms. The molecule has 0 fully saturated rings. The third-order valence-electron chi connectivity index (χ3n) is 2.24. The number of nitrogens with zero attached hydrogens (tertiary/aromatic N) is 2. The normalized spacial score (nSPS) is 11.9. The van der Waals surface area contributed by atoms with Gasteiger partial charge in [-0.3, -0.25) is 9.78 Å². The maximum Gasteiger partial charge on any atom is 0.328 e. The Balaban J connectivity index is 3.10. The number of carboxylic acid groups (broad SMARTS) is 1. The Morgan fingerprint density at radius 1 is 1.45 bits per heavy atom. The van der Waals surface area contributed by atoms with Crippen LogP contribution in [0.15, 0.2) is 29.4 Å². The third kappa shape index (κ3) is 4.14. The van der Waals surface area contributed by atoms with Crippen molar-refractivity contribution in [3.8, 4) is 0 Å². The van der Waals surface area contributed by atoms with E-state index in [1.807, 2.05) is 0 Å². The highest BCUT2D eigenvalue weighted by atomic mass is 32.2. The SMILES string of the molecule is CN(CC(N)=O)S(=O)(=O)c1cncc(C=CC(=O)O)c1. The van der Waals surface area contributed by atoms with Gasteiger partial charge in [0.1, 0.15) is 4.90 Å². The van der Waals surface area contributed by atoms with Gasteiger partial charge in [-0.15, -0.1) is 0 Å². The molecule has 0 saturated carbocycles. The van der Waals surface area contributed by atoms with Crippen molar-refractivity contribution in [1.29, 1.82) is 0 Å². The number of primary amides is 1. The molecule has 9 heteroatoms. The minimum absolute atomic E-state index is 0.159. The second-order valence-electron chi connectivity index (χ2n) is 3.85. The summed E-state index contributed by atoms with van der Waals surface area (Å²) in [6, 6.07) is 1.25. The van der Waals surface area contributed by atoms with E-state index in [0.717, 1.165) is 16.6 Å². The summed E-state index contributed by atoms with van der Waals surface area (Å²) in [6.07, 6.45) is 4.49.